The molecule has 1 saturated heterocycles. The molecule has 1 N–H and O–H groups in total. The fourth-order valence-electron chi connectivity index (χ4n) is 5.00. The van der Waals surface area contributed by atoms with Crippen LogP contribution in [0.5, 0.6) is 5.75 Å². The SMILES string of the molecule is COc1c(C#N)cc2ccccc2c1C(=O)NCC1(c2ccc(Cl)cc2)CCN(C(=O)OC(C)(C)C)CC1. The zero-order valence-corrected chi connectivity index (χ0v) is 22.9. The molecular formula is C30H32ClN3O4. The standard InChI is InChI=1S/C30H32ClN3O4/c1-29(2,3)38-28(36)34-15-13-30(14-16-34,22-9-11-23(31)12-10-22)19-33-27(35)25-24-8-6-5-7-20(24)17-21(18-32)26(25)37-4/h5-12,17H,13-16,19H2,1-4H3,(H,33,35). The fourth-order valence-corrected chi connectivity index (χ4v) is 5.13. The molecule has 1 aliphatic rings. The second-order valence-electron chi connectivity index (χ2n) is 10.6. The lowest BCUT2D eigenvalue weighted by atomic mass is 9.72. The van der Waals surface area contributed by atoms with Crippen LogP contribution < -0.4 is 10.1 Å². The summed E-state index contributed by atoms with van der Waals surface area (Å²) >= 11 is 6.17. The predicted octanol–water partition coefficient (Wildman–Crippen LogP) is 6.07. The molecule has 3 aromatic carbocycles. The average molecular weight is 534 g/mol. The Balaban J connectivity index is 1.63. The first-order valence-electron chi connectivity index (χ1n) is 12.6. The molecule has 0 saturated carbocycles. The van der Waals surface area contributed by atoms with Crippen molar-refractivity contribution < 1.29 is 19.1 Å². The summed E-state index contributed by atoms with van der Waals surface area (Å²) in [6.45, 7) is 6.86. The van der Waals surface area contributed by atoms with Gasteiger partial charge in [-0.1, -0.05) is 48.0 Å². The summed E-state index contributed by atoms with van der Waals surface area (Å²) in [4.78, 5) is 28.1. The van der Waals surface area contributed by atoms with Gasteiger partial charge in [0.1, 0.15) is 17.4 Å². The molecule has 4 rings (SSSR count). The number of ether oxygens (including phenoxy) is 2. The topological polar surface area (TPSA) is 91.7 Å². The van der Waals surface area contributed by atoms with Crippen LogP contribution in [0.1, 0.15) is 55.1 Å². The molecule has 0 spiro atoms. The normalized spacial score (nSPS) is 15.0. The third kappa shape index (κ3) is 5.71. The molecule has 8 heteroatoms. The predicted molar refractivity (Wildman–Crippen MR) is 148 cm³/mol. The van der Waals surface area contributed by atoms with E-state index in [1.54, 1.807) is 11.0 Å². The monoisotopic (exact) mass is 533 g/mol. The number of nitrogens with one attached hydrogen (secondary N) is 1. The van der Waals surface area contributed by atoms with Crippen molar-refractivity contribution in [2.45, 2.75) is 44.6 Å². The Morgan fingerprint density at radius 1 is 1.11 bits per heavy atom. The van der Waals surface area contributed by atoms with E-state index < -0.39 is 11.0 Å². The second kappa shape index (κ2) is 10.9. The van der Waals surface area contributed by atoms with E-state index in [0.717, 1.165) is 10.9 Å². The van der Waals surface area contributed by atoms with Crippen LogP contribution in [0.25, 0.3) is 10.8 Å². The van der Waals surface area contributed by atoms with E-state index in [-0.39, 0.29) is 17.7 Å². The summed E-state index contributed by atoms with van der Waals surface area (Å²) in [5.41, 5.74) is 0.673. The van der Waals surface area contributed by atoms with Crippen LogP contribution >= 0.6 is 11.6 Å². The number of likely N-dealkylation sites (tertiary alicyclic amines) is 1. The Morgan fingerprint density at radius 2 is 1.76 bits per heavy atom. The van der Waals surface area contributed by atoms with Gasteiger partial charge < -0.3 is 19.7 Å². The number of benzene rings is 3. The number of hydrogen-bond acceptors (Lipinski definition) is 5. The van der Waals surface area contributed by atoms with Crippen LogP contribution in [0.4, 0.5) is 4.79 Å². The number of carbonyl (C=O) groups excluding carboxylic acids is 2. The number of methoxy groups -OCH3 is 1. The van der Waals surface area contributed by atoms with Gasteiger partial charge in [-0.15, -0.1) is 0 Å². The molecule has 1 fully saturated rings. The molecule has 38 heavy (non-hydrogen) atoms. The molecule has 0 unspecified atom stereocenters. The summed E-state index contributed by atoms with van der Waals surface area (Å²) in [5, 5.41) is 14.9. The zero-order valence-electron chi connectivity index (χ0n) is 22.1. The molecular weight excluding hydrogens is 502 g/mol. The highest BCUT2D eigenvalue weighted by Crippen LogP contribution is 2.37. The van der Waals surface area contributed by atoms with Crippen LogP contribution in [-0.4, -0.2) is 49.2 Å². The van der Waals surface area contributed by atoms with E-state index in [9.17, 15) is 14.9 Å². The summed E-state index contributed by atoms with van der Waals surface area (Å²) in [6, 6.07) is 18.9. The van der Waals surface area contributed by atoms with Crippen LogP contribution in [0.2, 0.25) is 5.02 Å². The largest absolute Gasteiger partial charge is 0.495 e. The van der Waals surface area contributed by atoms with Crippen LogP contribution in [0.3, 0.4) is 0 Å². The molecule has 0 atom stereocenters. The van der Waals surface area contributed by atoms with Gasteiger partial charge in [0.25, 0.3) is 5.91 Å². The van der Waals surface area contributed by atoms with Crippen molar-refractivity contribution in [1.29, 1.82) is 5.26 Å². The third-order valence-electron chi connectivity index (χ3n) is 6.97. The summed E-state index contributed by atoms with van der Waals surface area (Å²) in [7, 11) is 1.46. The molecule has 7 nitrogen and oxygen atoms in total. The lowest BCUT2D eigenvalue weighted by Gasteiger charge is -2.42. The highest BCUT2D eigenvalue weighted by molar-refractivity contribution is 6.30. The molecule has 0 bridgehead atoms. The summed E-state index contributed by atoms with van der Waals surface area (Å²) in [5.74, 6) is -0.0675. The lowest BCUT2D eigenvalue weighted by Crippen LogP contribution is -2.51. The Labute approximate surface area is 228 Å². The fraction of sp³-hybridized carbons (Fsp3) is 0.367. The first kappa shape index (κ1) is 27.3. The first-order valence-corrected chi connectivity index (χ1v) is 13.0. The molecule has 0 radical (unpaired) electrons. The minimum Gasteiger partial charge on any atom is -0.495 e. The quantitative estimate of drug-likeness (QED) is 0.429. The third-order valence-corrected chi connectivity index (χ3v) is 7.22. The van der Waals surface area contributed by atoms with Crippen LogP contribution in [0.15, 0.2) is 54.6 Å². The first-order chi connectivity index (χ1) is 18.1. The lowest BCUT2D eigenvalue weighted by molar-refractivity contribution is 0.0162. The van der Waals surface area contributed by atoms with Gasteiger partial charge in [-0.25, -0.2) is 4.79 Å². The average Bonchev–Trinajstić information content (AvgIpc) is 2.90. The number of fused-ring (bicyclic) bond motifs is 1. The van der Waals surface area contributed by atoms with E-state index in [1.165, 1.54) is 7.11 Å². The molecule has 198 valence electrons. The minimum atomic E-state index is -0.574. The Bertz CT molecular complexity index is 1380. The van der Waals surface area contributed by atoms with Gasteiger partial charge >= 0.3 is 6.09 Å². The van der Waals surface area contributed by atoms with Gasteiger partial charge in [-0.05, 0) is 68.1 Å². The minimum absolute atomic E-state index is 0.254. The summed E-state index contributed by atoms with van der Waals surface area (Å²) in [6.07, 6.45) is 0.921. The van der Waals surface area contributed by atoms with Crippen molar-refractivity contribution >= 4 is 34.4 Å². The number of nitriles is 1. The molecule has 0 aromatic heterocycles. The number of carbonyl (C=O) groups is 2. The van der Waals surface area contributed by atoms with Crippen LogP contribution in [0, 0.1) is 11.3 Å². The number of piperidine rings is 1. The number of rotatable bonds is 5. The van der Waals surface area contributed by atoms with Crippen molar-refractivity contribution in [3.8, 4) is 11.8 Å². The zero-order chi connectivity index (χ0) is 27.5. The molecule has 0 aliphatic carbocycles. The van der Waals surface area contributed by atoms with Gasteiger partial charge in [0.15, 0.2) is 0 Å². The van der Waals surface area contributed by atoms with Crippen molar-refractivity contribution in [2.75, 3.05) is 26.7 Å². The number of halogens is 1. The Morgan fingerprint density at radius 3 is 2.37 bits per heavy atom. The molecule has 3 aromatic rings. The van der Waals surface area contributed by atoms with Crippen molar-refractivity contribution in [3.63, 3.8) is 0 Å². The van der Waals surface area contributed by atoms with E-state index in [0.29, 0.717) is 54.0 Å². The molecule has 1 aliphatic heterocycles. The van der Waals surface area contributed by atoms with E-state index in [4.69, 9.17) is 21.1 Å². The smallest absolute Gasteiger partial charge is 0.410 e. The van der Waals surface area contributed by atoms with Crippen molar-refractivity contribution in [3.05, 3.63) is 76.3 Å². The maximum Gasteiger partial charge on any atom is 0.410 e. The maximum absolute atomic E-state index is 13.7. The van der Waals surface area contributed by atoms with Gasteiger partial charge in [0, 0.05) is 30.1 Å². The highest BCUT2D eigenvalue weighted by Gasteiger charge is 2.39. The van der Waals surface area contributed by atoms with Crippen molar-refractivity contribution in [1.82, 2.24) is 10.2 Å². The Kier molecular flexibility index (Phi) is 7.84. The maximum atomic E-state index is 13.7. The Hall–Kier alpha value is -3.76. The van der Waals surface area contributed by atoms with Crippen molar-refractivity contribution in [2.24, 2.45) is 0 Å². The number of amides is 2. The van der Waals surface area contributed by atoms with Crippen LogP contribution in [-0.2, 0) is 10.2 Å². The highest BCUT2D eigenvalue weighted by atomic mass is 35.5. The van der Waals surface area contributed by atoms with Gasteiger partial charge in [0.2, 0.25) is 0 Å². The second-order valence-corrected chi connectivity index (χ2v) is 11.0. The van der Waals surface area contributed by atoms with E-state index >= 15 is 0 Å². The molecule has 2 amide bonds. The summed E-state index contributed by atoms with van der Waals surface area (Å²) < 4.78 is 11.1. The number of nitrogens with zero attached hydrogens (tertiary/aromatic N) is 2. The van der Waals surface area contributed by atoms with Gasteiger partial charge in [-0.3, -0.25) is 4.79 Å². The van der Waals surface area contributed by atoms with E-state index in [2.05, 4.69) is 11.4 Å². The van der Waals surface area contributed by atoms with Gasteiger partial charge in [0.05, 0.1) is 18.2 Å². The van der Waals surface area contributed by atoms with Gasteiger partial charge in [-0.2, -0.15) is 5.26 Å². The van der Waals surface area contributed by atoms with E-state index in [1.807, 2.05) is 69.3 Å². The number of hydrogen-bond donors (Lipinski definition) is 1. The molecule has 1 heterocycles.